The quantitative estimate of drug-likeness (QED) is 0.638. The van der Waals surface area contributed by atoms with E-state index in [1.807, 2.05) is 37.3 Å². The number of nitrogens with one attached hydrogen (secondary N) is 1. The molecule has 0 atom stereocenters. The number of anilines is 2. The zero-order chi connectivity index (χ0) is 20.8. The first-order chi connectivity index (χ1) is 14.0. The van der Waals surface area contributed by atoms with Gasteiger partial charge < -0.3 is 5.73 Å². The summed E-state index contributed by atoms with van der Waals surface area (Å²) in [4.78, 5) is 45.8. The van der Waals surface area contributed by atoms with E-state index in [1.165, 1.54) is 21.9 Å². The van der Waals surface area contributed by atoms with Crippen LogP contribution in [0.4, 0.5) is 11.5 Å². The molecule has 29 heavy (non-hydrogen) atoms. The van der Waals surface area contributed by atoms with Crippen molar-refractivity contribution < 1.29 is 4.79 Å². The summed E-state index contributed by atoms with van der Waals surface area (Å²) in [6.07, 6.45) is 4.57. The highest BCUT2D eigenvalue weighted by molar-refractivity contribution is 6.07. The second-order valence-corrected chi connectivity index (χ2v) is 6.61. The summed E-state index contributed by atoms with van der Waals surface area (Å²) in [5.74, 6) is -0.431. The molecule has 3 aromatic rings. The van der Waals surface area contributed by atoms with Gasteiger partial charge in [0.1, 0.15) is 5.82 Å². The SMILES string of the molecule is CCCCn1c(N)c(N(Cc2ccccc2)C(=O)c2ccncc2)c(=O)[nH]c1=O. The summed E-state index contributed by atoms with van der Waals surface area (Å²) >= 11 is 0. The molecule has 0 spiro atoms. The molecule has 0 unspecified atom stereocenters. The van der Waals surface area contributed by atoms with Crippen LogP contribution in [-0.2, 0) is 13.1 Å². The van der Waals surface area contributed by atoms with Crippen LogP contribution in [-0.4, -0.2) is 20.4 Å². The molecule has 0 saturated heterocycles. The zero-order valence-corrected chi connectivity index (χ0v) is 16.2. The molecule has 0 fully saturated rings. The largest absolute Gasteiger partial charge is 0.383 e. The maximum Gasteiger partial charge on any atom is 0.330 e. The fraction of sp³-hybridized carbons (Fsp3) is 0.238. The standard InChI is InChI=1S/C21H23N5O3/c1-2-3-13-25-18(22)17(19(27)24-21(25)29)26(14-15-7-5-4-6-8-15)20(28)16-9-11-23-12-10-16/h4-12H,2-3,13-14,22H2,1H3,(H,24,27,29). The van der Waals surface area contributed by atoms with Crippen molar-refractivity contribution in [2.45, 2.75) is 32.9 Å². The van der Waals surface area contributed by atoms with E-state index in [-0.39, 0.29) is 18.1 Å². The highest BCUT2D eigenvalue weighted by Crippen LogP contribution is 2.22. The number of carbonyl (C=O) groups is 1. The summed E-state index contributed by atoms with van der Waals surface area (Å²) < 4.78 is 1.30. The minimum atomic E-state index is -0.696. The first kappa shape index (κ1) is 20.1. The molecule has 0 saturated carbocycles. The van der Waals surface area contributed by atoms with Gasteiger partial charge in [0.25, 0.3) is 11.5 Å². The van der Waals surface area contributed by atoms with Gasteiger partial charge in [-0.05, 0) is 24.1 Å². The van der Waals surface area contributed by atoms with Crippen LogP contribution in [0.15, 0.2) is 64.4 Å². The number of rotatable bonds is 7. The maximum atomic E-state index is 13.3. The number of pyridine rings is 1. The molecule has 2 heterocycles. The Morgan fingerprint density at radius 3 is 2.48 bits per heavy atom. The Labute approximate surface area is 167 Å². The number of hydrogen-bond acceptors (Lipinski definition) is 5. The molecule has 0 aliphatic rings. The Kier molecular flexibility index (Phi) is 6.23. The Balaban J connectivity index is 2.14. The Hall–Kier alpha value is -3.68. The van der Waals surface area contributed by atoms with Gasteiger partial charge in [-0.15, -0.1) is 0 Å². The predicted molar refractivity (Wildman–Crippen MR) is 112 cm³/mol. The molecule has 8 heteroatoms. The molecule has 1 amide bonds. The highest BCUT2D eigenvalue weighted by atomic mass is 16.2. The number of nitrogens with two attached hydrogens (primary N) is 1. The number of aromatic amines is 1. The maximum absolute atomic E-state index is 13.3. The monoisotopic (exact) mass is 393 g/mol. The number of unbranched alkanes of at least 4 members (excludes halogenated alkanes) is 1. The Bertz CT molecular complexity index is 1090. The molecule has 0 radical (unpaired) electrons. The first-order valence-electron chi connectivity index (χ1n) is 9.41. The predicted octanol–water partition coefficient (Wildman–Crippen LogP) is 2.16. The van der Waals surface area contributed by atoms with Gasteiger partial charge in [-0.1, -0.05) is 43.7 Å². The van der Waals surface area contributed by atoms with Gasteiger partial charge in [0, 0.05) is 24.5 Å². The minimum absolute atomic E-state index is 0.0227. The third kappa shape index (κ3) is 4.43. The van der Waals surface area contributed by atoms with Crippen molar-refractivity contribution >= 4 is 17.4 Å². The Morgan fingerprint density at radius 2 is 1.83 bits per heavy atom. The molecule has 8 nitrogen and oxygen atoms in total. The smallest absolute Gasteiger partial charge is 0.330 e. The molecule has 0 bridgehead atoms. The fourth-order valence-electron chi connectivity index (χ4n) is 3.05. The number of nitrogens with zero attached hydrogens (tertiary/aromatic N) is 3. The van der Waals surface area contributed by atoms with E-state index in [0.29, 0.717) is 18.5 Å². The van der Waals surface area contributed by atoms with Crippen LogP contribution < -0.4 is 21.9 Å². The summed E-state index contributed by atoms with van der Waals surface area (Å²) in [7, 11) is 0. The third-order valence-electron chi connectivity index (χ3n) is 4.58. The lowest BCUT2D eigenvalue weighted by Crippen LogP contribution is -2.41. The summed E-state index contributed by atoms with van der Waals surface area (Å²) in [6.45, 7) is 2.47. The molecule has 1 aromatic carbocycles. The summed E-state index contributed by atoms with van der Waals surface area (Å²) in [6, 6.07) is 12.4. The van der Waals surface area contributed by atoms with E-state index in [9.17, 15) is 14.4 Å². The van der Waals surface area contributed by atoms with Gasteiger partial charge in [-0.2, -0.15) is 0 Å². The normalized spacial score (nSPS) is 10.7. The van der Waals surface area contributed by atoms with E-state index in [0.717, 1.165) is 12.0 Å². The van der Waals surface area contributed by atoms with E-state index >= 15 is 0 Å². The lowest BCUT2D eigenvalue weighted by atomic mass is 10.1. The van der Waals surface area contributed by atoms with Gasteiger partial charge >= 0.3 is 5.69 Å². The van der Waals surface area contributed by atoms with Crippen molar-refractivity contribution in [3.63, 3.8) is 0 Å². The number of carbonyl (C=O) groups excluding carboxylic acids is 1. The van der Waals surface area contributed by atoms with E-state index in [4.69, 9.17) is 5.73 Å². The zero-order valence-electron chi connectivity index (χ0n) is 16.2. The summed E-state index contributed by atoms with van der Waals surface area (Å²) in [5.41, 5.74) is 6.10. The molecule has 0 aliphatic carbocycles. The van der Waals surface area contributed by atoms with Crippen molar-refractivity contribution in [1.29, 1.82) is 0 Å². The van der Waals surface area contributed by atoms with Crippen LogP contribution in [0.5, 0.6) is 0 Å². The number of hydrogen-bond donors (Lipinski definition) is 2. The van der Waals surface area contributed by atoms with Gasteiger partial charge in [0.05, 0.1) is 6.54 Å². The third-order valence-corrected chi connectivity index (χ3v) is 4.58. The van der Waals surface area contributed by atoms with Crippen LogP contribution in [0, 0.1) is 0 Å². The molecule has 3 rings (SSSR count). The minimum Gasteiger partial charge on any atom is -0.383 e. The average molecular weight is 393 g/mol. The van der Waals surface area contributed by atoms with E-state index in [2.05, 4.69) is 9.97 Å². The van der Waals surface area contributed by atoms with Gasteiger partial charge in [0.2, 0.25) is 0 Å². The van der Waals surface area contributed by atoms with Crippen LogP contribution >= 0.6 is 0 Å². The van der Waals surface area contributed by atoms with Gasteiger partial charge in [0.15, 0.2) is 5.69 Å². The van der Waals surface area contributed by atoms with Gasteiger partial charge in [-0.3, -0.25) is 29.0 Å². The molecule has 150 valence electrons. The molecular formula is C21H23N5O3. The second kappa shape index (κ2) is 9.01. The van der Waals surface area contributed by atoms with Crippen molar-refractivity contribution in [3.8, 4) is 0 Å². The number of benzene rings is 1. The van der Waals surface area contributed by atoms with Crippen LogP contribution in [0.25, 0.3) is 0 Å². The lowest BCUT2D eigenvalue weighted by molar-refractivity contribution is 0.0984. The molecule has 2 aromatic heterocycles. The lowest BCUT2D eigenvalue weighted by Gasteiger charge is -2.24. The number of aromatic nitrogens is 3. The fourth-order valence-corrected chi connectivity index (χ4v) is 3.05. The molecular weight excluding hydrogens is 370 g/mol. The van der Waals surface area contributed by atoms with Crippen LogP contribution in [0.3, 0.4) is 0 Å². The summed E-state index contributed by atoms with van der Waals surface area (Å²) in [5, 5.41) is 0. The molecule has 3 N–H and O–H groups in total. The molecule has 0 aliphatic heterocycles. The van der Waals surface area contributed by atoms with Crippen molar-refractivity contribution in [2.75, 3.05) is 10.6 Å². The van der Waals surface area contributed by atoms with Crippen molar-refractivity contribution in [2.24, 2.45) is 0 Å². The van der Waals surface area contributed by atoms with Crippen LogP contribution in [0.1, 0.15) is 35.7 Å². The van der Waals surface area contributed by atoms with Crippen molar-refractivity contribution in [3.05, 3.63) is 86.8 Å². The van der Waals surface area contributed by atoms with Gasteiger partial charge in [-0.25, -0.2) is 4.79 Å². The van der Waals surface area contributed by atoms with E-state index in [1.54, 1.807) is 12.1 Å². The average Bonchev–Trinajstić information content (AvgIpc) is 2.73. The topological polar surface area (TPSA) is 114 Å². The number of H-pyrrole nitrogens is 1. The first-order valence-corrected chi connectivity index (χ1v) is 9.41. The highest BCUT2D eigenvalue weighted by Gasteiger charge is 2.25. The van der Waals surface area contributed by atoms with Crippen LogP contribution in [0.2, 0.25) is 0 Å². The second-order valence-electron chi connectivity index (χ2n) is 6.61. The number of nitrogen functional groups attached to an aromatic ring is 1. The van der Waals surface area contributed by atoms with E-state index < -0.39 is 17.2 Å². The number of amides is 1. The Morgan fingerprint density at radius 1 is 1.14 bits per heavy atom. The van der Waals surface area contributed by atoms with Crippen molar-refractivity contribution in [1.82, 2.24) is 14.5 Å².